The second-order valence-corrected chi connectivity index (χ2v) is 6.57. The van der Waals surface area contributed by atoms with E-state index < -0.39 is 29.6 Å². The molecular weight excluding hydrogens is 328 g/mol. The molecule has 1 aliphatic heterocycles. The summed E-state index contributed by atoms with van der Waals surface area (Å²) in [7, 11) is 1.34. The number of benzene rings is 1. The molecule has 0 fully saturated rings. The predicted octanol–water partition coefficient (Wildman–Crippen LogP) is 1.55. The molecule has 25 heavy (non-hydrogen) atoms. The first-order chi connectivity index (χ1) is 11.6. The van der Waals surface area contributed by atoms with E-state index in [0.717, 1.165) is 0 Å². The number of ketones is 1. The van der Waals surface area contributed by atoms with Crippen LogP contribution in [0.1, 0.15) is 35.3 Å². The fourth-order valence-corrected chi connectivity index (χ4v) is 3.24. The van der Waals surface area contributed by atoms with Crippen molar-refractivity contribution in [3.8, 4) is 11.5 Å². The molecule has 2 N–H and O–H groups in total. The van der Waals surface area contributed by atoms with Crippen molar-refractivity contribution in [2.24, 2.45) is 0 Å². The Morgan fingerprint density at radius 3 is 2.48 bits per heavy atom. The number of phenols is 1. The van der Waals surface area contributed by atoms with Crippen LogP contribution in [-0.4, -0.2) is 46.9 Å². The Morgan fingerprint density at radius 1 is 1.24 bits per heavy atom. The smallest absolute Gasteiger partial charge is 0.347 e. The molecular formula is C18H20O7. The number of aliphatic hydroxyl groups excluding tert-OH is 1. The Morgan fingerprint density at radius 2 is 1.88 bits per heavy atom. The normalized spacial score (nSPS) is 28.7. The molecule has 2 aliphatic rings. The number of ether oxygens (including phenoxy) is 3. The standard InChI is InChI=1S/C18H20O7/c1-7-6-10(19)8(2)13-11(7)17(22)25-14-9(3)12(20)15(21)18(4,23-5)16(14)24-13/h6,15-16,19,21H,1-5H3/t15-,16+,18+/m1/s1. The summed E-state index contributed by atoms with van der Waals surface area (Å²) in [5.41, 5.74) is -0.343. The summed E-state index contributed by atoms with van der Waals surface area (Å²) in [6, 6.07) is 1.45. The van der Waals surface area contributed by atoms with Gasteiger partial charge in [-0.2, -0.15) is 0 Å². The largest absolute Gasteiger partial charge is 0.508 e. The fourth-order valence-electron chi connectivity index (χ4n) is 3.24. The summed E-state index contributed by atoms with van der Waals surface area (Å²) >= 11 is 0. The summed E-state index contributed by atoms with van der Waals surface area (Å²) in [5, 5.41) is 20.5. The van der Waals surface area contributed by atoms with Gasteiger partial charge in [0.15, 0.2) is 17.6 Å². The van der Waals surface area contributed by atoms with Crippen molar-refractivity contribution in [2.45, 2.75) is 45.5 Å². The van der Waals surface area contributed by atoms with Crippen molar-refractivity contribution in [3.63, 3.8) is 0 Å². The lowest BCUT2D eigenvalue weighted by atomic mass is 9.79. The van der Waals surface area contributed by atoms with E-state index in [-0.39, 0.29) is 28.4 Å². The van der Waals surface area contributed by atoms with Crippen LogP contribution in [0.2, 0.25) is 0 Å². The number of hydrogen-bond donors (Lipinski definition) is 2. The molecule has 134 valence electrons. The number of aliphatic hydroxyl groups is 1. The van der Waals surface area contributed by atoms with Crippen LogP contribution in [-0.2, 0) is 14.3 Å². The minimum atomic E-state index is -1.48. The average molecular weight is 348 g/mol. The Bertz CT molecular complexity index is 823. The third-order valence-electron chi connectivity index (χ3n) is 5.07. The molecule has 0 saturated carbocycles. The third kappa shape index (κ3) is 2.26. The van der Waals surface area contributed by atoms with E-state index in [0.29, 0.717) is 11.1 Å². The molecule has 0 bridgehead atoms. The number of carbonyl (C=O) groups excluding carboxylic acids is 2. The minimum Gasteiger partial charge on any atom is -0.508 e. The summed E-state index contributed by atoms with van der Waals surface area (Å²) in [5.74, 6) is -1.14. The van der Waals surface area contributed by atoms with E-state index >= 15 is 0 Å². The summed E-state index contributed by atoms with van der Waals surface area (Å²) in [6.07, 6.45) is -2.51. The molecule has 0 unspecified atom stereocenters. The van der Waals surface area contributed by atoms with Crippen molar-refractivity contribution in [1.82, 2.24) is 0 Å². The van der Waals surface area contributed by atoms with Crippen LogP contribution in [0.3, 0.4) is 0 Å². The monoisotopic (exact) mass is 348 g/mol. The number of methoxy groups -OCH3 is 1. The van der Waals surface area contributed by atoms with Gasteiger partial charge in [0.25, 0.3) is 0 Å². The maximum atomic E-state index is 12.6. The van der Waals surface area contributed by atoms with Gasteiger partial charge in [0.1, 0.15) is 28.8 Å². The zero-order valence-electron chi connectivity index (χ0n) is 14.7. The fraction of sp³-hybridized carbons (Fsp3) is 0.444. The predicted molar refractivity (Wildman–Crippen MR) is 86.5 cm³/mol. The first-order valence-electron chi connectivity index (χ1n) is 7.83. The molecule has 0 spiro atoms. The third-order valence-corrected chi connectivity index (χ3v) is 5.07. The van der Waals surface area contributed by atoms with Crippen LogP contribution in [0.4, 0.5) is 0 Å². The number of aryl methyl sites for hydroxylation is 1. The Labute approximate surface area is 144 Å². The molecule has 3 atom stereocenters. The molecule has 1 heterocycles. The molecule has 1 aliphatic carbocycles. The maximum Gasteiger partial charge on any atom is 0.347 e. The lowest BCUT2D eigenvalue weighted by Gasteiger charge is -2.42. The van der Waals surface area contributed by atoms with E-state index in [9.17, 15) is 19.8 Å². The van der Waals surface area contributed by atoms with Crippen molar-refractivity contribution in [3.05, 3.63) is 34.1 Å². The zero-order chi connectivity index (χ0) is 18.7. The van der Waals surface area contributed by atoms with Crippen LogP contribution < -0.4 is 4.74 Å². The Balaban J connectivity index is 2.30. The molecule has 1 aromatic carbocycles. The molecule has 0 aromatic heterocycles. The quantitative estimate of drug-likeness (QED) is 0.742. The number of rotatable bonds is 1. The van der Waals surface area contributed by atoms with Crippen LogP contribution in [0.5, 0.6) is 11.5 Å². The van der Waals surface area contributed by atoms with Gasteiger partial charge in [-0.25, -0.2) is 4.79 Å². The van der Waals surface area contributed by atoms with Crippen molar-refractivity contribution < 1.29 is 34.0 Å². The van der Waals surface area contributed by atoms with Crippen molar-refractivity contribution in [2.75, 3.05) is 7.11 Å². The lowest BCUT2D eigenvalue weighted by molar-refractivity contribution is -0.166. The van der Waals surface area contributed by atoms with Gasteiger partial charge in [-0.05, 0) is 39.3 Å². The van der Waals surface area contributed by atoms with Gasteiger partial charge in [0.05, 0.1) is 0 Å². The first-order valence-corrected chi connectivity index (χ1v) is 7.83. The highest BCUT2D eigenvalue weighted by Gasteiger charge is 2.56. The molecule has 7 nitrogen and oxygen atoms in total. The molecule has 0 amide bonds. The molecule has 3 rings (SSSR count). The summed E-state index contributed by atoms with van der Waals surface area (Å²) in [4.78, 5) is 25.0. The molecule has 0 saturated heterocycles. The topological polar surface area (TPSA) is 102 Å². The number of aromatic hydroxyl groups is 1. The maximum absolute atomic E-state index is 12.6. The number of hydrogen-bond acceptors (Lipinski definition) is 7. The van der Waals surface area contributed by atoms with E-state index in [1.54, 1.807) is 13.8 Å². The number of carbonyl (C=O) groups is 2. The lowest BCUT2D eigenvalue weighted by Crippen LogP contribution is -2.60. The molecule has 7 heteroatoms. The molecule has 0 radical (unpaired) electrons. The highest BCUT2D eigenvalue weighted by Crippen LogP contribution is 2.44. The highest BCUT2D eigenvalue weighted by molar-refractivity contribution is 6.03. The van der Waals surface area contributed by atoms with E-state index in [4.69, 9.17) is 14.2 Å². The highest BCUT2D eigenvalue weighted by atomic mass is 16.6. The van der Waals surface area contributed by atoms with Gasteiger partial charge in [-0.1, -0.05) is 0 Å². The van der Waals surface area contributed by atoms with Gasteiger partial charge >= 0.3 is 5.97 Å². The summed E-state index contributed by atoms with van der Waals surface area (Å²) in [6.45, 7) is 6.23. The molecule has 1 aromatic rings. The van der Waals surface area contributed by atoms with Gasteiger partial charge in [-0.3, -0.25) is 4.79 Å². The van der Waals surface area contributed by atoms with Gasteiger partial charge < -0.3 is 24.4 Å². The van der Waals surface area contributed by atoms with Gasteiger partial charge in [-0.15, -0.1) is 0 Å². The van der Waals surface area contributed by atoms with Gasteiger partial charge in [0.2, 0.25) is 0 Å². The Hall–Kier alpha value is -2.38. The van der Waals surface area contributed by atoms with Crippen LogP contribution in [0.25, 0.3) is 0 Å². The minimum absolute atomic E-state index is 0.0131. The average Bonchev–Trinajstić information content (AvgIpc) is 2.73. The van der Waals surface area contributed by atoms with E-state index in [1.165, 1.54) is 27.0 Å². The second-order valence-electron chi connectivity index (χ2n) is 6.57. The number of fused-ring (bicyclic) bond motifs is 2. The summed E-state index contributed by atoms with van der Waals surface area (Å²) < 4.78 is 16.9. The first kappa shape index (κ1) is 17.4. The van der Waals surface area contributed by atoms with Crippen LogP contribution >= 0.6 is 0 Å². The van der Waals surface area contributed by atoms with Crippen LogP contribution in [0.15, 0.2) is 17.4 Å². The second kappa shape index (κ2) is 5.57. The SMILES string of the molecule is CO[C@@]1(C)[C@H](O)C(=O)C(C)=C2OC(=O)c3c(C)cc(O)c(C)c3O[C@@H]21. The number of phenolic OH excluding ortho intramolecular Hbond substituents is 1. The number of esters is 1. The van der Waals surface area contributed by atoms with Gasteiger partial charge in [0, 0.05) is 18.2 Å². The van der Waals surface area contributed by atoms with Crippen LogP contribution in [0, 0.1) is 13.8 Å². The van der Waals surface area contributed by atoms with Crippen molar-refractivity contribution >= 4 is 11.8 Å². The van der Waals surface area contributed by atoms with Crippen molar-refractivity contribution in [1.29, 1.82) is 0 Å². The van der Waals surface area contributed by atoms with E-state index in [1.807, 2.05) is 0 Å². The Kier molecular flexibility index (Phi) is 3.89. The number of Topliss-reactive ketones (excluding diaryl/α,β-unsaturated/α-hetero) is 1. The zero-order valence-corrected chi connectivity index (χ0v) is 14.7. The van der Waals surface area contributed by atoms with E-state index in [2.05, 4.69) is 0 Å².